The lowest BCUT2D eigenvalue weighted by molar-refractivity contribution is -0.384. The third-order valence-electron chi connectivity index (χ3n) is 4.30. The molecule has 0 unspecified atom stereocenters. The van der Waals surface area contributed by atoms with Crippen molar-refractivity contribution in [2.24, 2.45) is 0 Å². The van der Waals surface area contributed by atoms with E-state index in [4.69, 9.17) is 4.74 Å². The minimum absolute atomic E-state index is 0.0202. The van der Waals surface area contributed by atoms with Crippen molar-refractivity contribution in [3.8, 4) is 0 Å². The lowest BCUT2D eigenvalue weighted by Crippen LogP contribution is -2.21. The van der Waals surface area contributed by atoms with Gasteiger partial charge in [0.15, 0.2) is 6.61 Å². The number of esters is 1. The molecule has 1 heterocycles. The number of nitro groups is 1. The highest BCUT2D eigenvalue weighted by Gasteiger charge is 2.24. The van der Waals surface area contributed by atoms with E-state index in [1.807, 2.05) is 4.90 Å². The van der Waals surface area contributed by atoms with E-state index in [1.165, 1.54) is 30.3 Å². The Hall–Kier alpha value is -3.49. The van der Waals surface area contributed by atoms with Crippen LogP contribution in [0.25, 0.3) is 0 Å². The van der Waals surface area contributed by atoms with Crippen LogP contribution in [0.15, 0.2) is 42.5 Å². The standard InChI is InChI=1S/C19H18FN3O5/c20-14-4-3-5-15(11-14)21-18(24)12-28-19(25)13-6-7-16(17(10-13)23(26)27)22-8-1-2-9-22/h3-7,10-11H,1-2,8-9,12H2,(H,21,24). The van der Waals surface area contributed by atoms with Crippen LogP contribution in [0, 0.1) is 15.9 Å². The Morgan fingerprint density at radius 3 is 2.61 bits per heavy atom. The van der Waals surface area contributed by atoms with Crippen LogP contribution in [-0.4, -0.2) is 36.5 Å². The van der Waals surface area contributed by atoms with E-state index in [1.54, 1.807) is 0 Å². The Morgan fingerprint density at radius 1 is 1.18 bits per heavy atom. The van der Waals surface area contributed by atoms with Crippen molar-refractivity contribution in [3.05, 3.63) is 64.0 Å². The van der Waals surface area contributed by atoms with Gasteiger partial charge in [-0.25, -0.2) is 9.18 Å². The second kappa shape index (κ2) is 8.47. The minimum Gasteiger partial charge on any atom is -0.452 e. The normalized spacial score (nSPS) is 13.2. The van der Waals surface area contributed by atoms with Gasteiger partial charge in [-0.1, -0.05) is 6.07 Å². The molecule has 0 saturated carbocycles. The average Bonchev–Trinajstić information content (AvgIpc) is 3.20. The van der Waals surface area contributed by atoms with Crippen LogP contribution in [0.1, 0.15) is 23.2 Å². The van der Waals surface area contributed by atoms with Gasteiger partial charge in [-0.05, 0) is 43.2 Å². The van der Waals surface area contributed by atoms with Gasteiger partial charge in [0.25, 0.3) is 11.6 Å². The summed E-state index contributed by atoms with van der Waals surface area (Å²) in [7, 11) is 0. The van der Waals surface area contributed by atoms with Crippen molar-refractivity contribution >= 4 is 28.9 Å². The van der Waals surface area contributed by atoms with Crippen LogP contribution in [0.3, 0.4) is 0 Å². The molecule has 0 aliphatic carbocycles. The molecule has 1 amide bonds. The van der Waals surface area contributed by atoms with Gasteiger partial charge < -0.3 is 15.0 Å². The number of nitrogens with one attached hydrogen (secondary N) is 1. The fourth-order valence-electron chi connectivity index (χ4n) is 3.00. The molecule has 0 atom stereocenters. The number of halogens is 1. The van der Waals surface area contributed by atoms with Crippen LogP contribution < -0.4 is 10.2 Å². The van der Waals surface area contributed by atoms with E-state index in [-0.39, 0.29) is 16.9 Å². The number of rotatable bonds is 6. The molecule has 0 aromatic heterocycles. The SMILES string of the molecule is O=C(COC(=O)c1ccc(N2CCCC2)c([N+](=O)[O-])c1)Nc1cccc(F)c1. The van der Waals surface area contributed by atoms with Crippen molar-refractivity contribution in [1.82, 2.24) is 0 Å². The second-order valence-electron chi connectivity index (χ2n) is 6.29. The largest absolute Gasteiger partial charge is 0.452 e. The van der Waals surface area contributed by atoms with Crippen LogP contribution >= 0.6 is 0 Å². The number of ether oxygens (including phenoxy) is 1. The first-order valence-corrected chi connectivity index (χ1v) is 8.70. The van der Waals surface area contributed by atoms with E-state index in [9.17, 15) is 24.1 Å². The number of nitrogens with zero attached hydrogens (tertiary/aromatic N) is 2. The lowest BCUT2D eigenvalue weighted by Gasteiger charge is -2.17. The predicted octanol–water partition coefficient (Wildman–Crippen LogP) is 3.13. The van der Waals surface area contributed by atoms with Gasteiger partial charge >= 0.3 is 5.97 Å². The van der Waals surface area contributed by atoms with Crippen LogP contribution in [0.2, 0.25) is 0 Å². The van der Waals surface area contributed by atoms with Gasteiger partial charge in [0.1, 0.15) is 11.5 Å². The summed E-state index contributed by atoms with van der Waals surface area (Å²) in [6.07, 6.45) is 1.92. The molecule has 28 heavy (non-hydrogen) atoms. The molecule has 0 bridgehead atoms. The Balaban J connectivity index is 1.64. The predicted molar refractivity (Wildman–Crippen MR) is 99.9 cm³/mol. The van der Waals surface area contributed by atoms with E-state index in [0.29, 0.717) is 5.69 Å². The molecule has 1 aliphatic rings. The molecular formula is C19H18FN3O5. The molecular weight excluding hydrogens is 369 g/mol. The number of carbonyl (C=O) groups excluding carboxylic acids is 2. The number of amides is 1. The quantitative estimate of drug-likeness (QED) is 0.464. The number of hydrogen-bond donors (Lipinski definition) is 1. The summed E-state index contributed by atoms with van der Waals surface area (Å²) in [5.41, 5.74) is 0.489. The lowest BCUT2D eigenvalue weighted by atomic mass is 10.1. The molecule has 3 rings (SSSR count). The topological polar surface area (TPSA) is 102 Å². The van der Waals surface area contributed by atoms with E-state index < -0.39 is 29.2 Å². The van der Waals surface area contributed by atoms with Crippen LogP contribution in [0.4, 0.5) is 21.5 Å². The summed E-state index contributed by atoms with van der Waals surface area (Å²) >= 11 is 0. The molecule has 2 aromatic carbocycles. The highest BCUT2D eigenvalue weighted by Crippen LogP contribution is 2.31. The van der Waals surface area contributed by atoms with Crippen molar-refractivity contribution in [2.75, 3.05) is 29.9 Å². The van der Waals surface area contributed by atoms with Gasteiger partial charge in [-0.2, -0.15) is 0 Å². The number of benzene rings is 2. The molecule has 1 N–H and O–H groups in total. The summed E-state index contributed by atoms with van der Waals surface area (Å²) in [5.74, 6) is -2.02. The second-order valence-corrected chi connectivity index (χ2v) is 6.29. The van der Waals surface area contributed by atoms with Gasteiger partial charge in [-0.15, -0.1) is 0 Å². The summed E-state index contributed by atoms with van der Waals surface area (Å²) in [5, 5.41) is 13.8. The summed E-state index contributed by atoms with van der Waals surface area (Å²) in [6, 6.07) is 9.39. The Kier molecular flexibility index (Phi) is 5.83. The third kappa shape index (κ3) is 4.61. The number of nitro benzene ring substituents is 1. The molecule has 1 saturated heterocycles. The minimum atomic E-state index is -0.856. The Labute approximate surface area is 160 Å². The maximum absolute atomic E-state index is 13.1. The molecule has 1 fully saturated rings. The van der Waals surface area contributed by atoms with Gasteiger partial charge in [-0.3, -0.25) is 14.9 Å². The smallest absolute Gasteiger partial charge is 0.338 e. The van der Waals surface area contributed by atoms with Gasteiger partial charge in [0.2, 0.25) is 0 Å². The molecule has 146 valence electrons. The van der Waals surface area contributed by atoms with Gasteiger partial charge in [0, 0.05) is 24.8 Å². The molecule has 2 aromatic rings. The van der Waals surface area contributed by atoms with E-state index in [2.05, 4.69) is 5.32 Å². The first-order valence-electron chi connectivity index (χ1n) is 8.70. The highest BCUT2D eigenvalue weighted by atomic mass is 19.1. The summed E-state index contributed by atoms with van der Waals surface area (Å²) < 4.78 is 18.0. The molecule has 0 radical (unpaired) electrons. The van der Waals surface area contributed by atoms with Crippen molar-refractivity contribution in [3.63, 3.8) is 0 Å². The zero-order valence-electron chi connectivity index (χ0n) is 14.9. The third-order valence-corrected chi connectivity index (χ3v) is 4.30. The van der Waals surface area contributed by atoms with E-state index >= 15 is 0 Å². The number of anilines is 2. The van der Waals surface area contributed by atoms with Crippen molar-refractivity contribution in [2.45, 2.75) is 12.8 Å². The first-order chi connectivity index (χ1) is 13.4. The zero-order chi connectivity index (χ0) is 20.1. The van der Waals surface area contributed by atoms with Gasteiger partial charge in [0.05, 0.1) is 10.5 Å². The van der Waals surface area contributed by atoms with Crippen LogP contribution in [0.5, 0.6) is 0 Å². The summed E-state index contributed by atoms with van der Waals surface area (Å²) in [6.45, 7) is 0.854. The zero-order valence-corrected chi connectivity index (χ0v) is 14.9. The number of hydrogen-bond acceptors (Lipinski definition) is 6. The summed E-state index contributed by atoms with van der Waals surface area (Å²) in [4.78, 5) is 36.7. The first kappa shape index (κ1) is 19.3. The fraction of sp³-hybridized carbons (Fsp3) is 0.263. The van der Waals surface area contributed by atoms with Crippen molar-refractivity contribution in [1.29, 1.82) is 0 Å². The van der Waals surface area contributed by atoms with E-state index in [0.717, 1.165) is 38.1 Å². The Morgan fingerprint density at radius 2 is 1.93 bits per heavy atom. The maximum Gasteiger partial charge on any atom is 0.338 e. The number of carbonyl (C=O) groups is 2. The monoisotopic (exact) mass is 387 g/mol. The Bertz CT molecular complexity index is 912. The molecule has 8 nitrogen and oxygen atoms in total. The molecule has 9 heteroatoms. The average molecular weight is 387 g/mol. The van der Waals surface area contributed by atoms with Crippen molar-refractivity contribution < 1.29 is 23.6 Å². The molecule has 1 aliphatic heterocycles. The van der Waals surface area contributed by atoms with Crippen LogP contribution in [-0.2, 0) is 9.53 Å². The molecule has 0 spiro atoms. The fourth-order valence-corrected chi connectivity index (χ4v) is 3.00. The maximum atomic E-state index is 13.1. The highest BCUT2D eigenvalue weighted by molar-refractivity contribution is 5.96.